The van der Waals surface area contributed by atoms with Gasteiger partial charge >= 0.3 is 0 Å². The number of aromatic nitrogens is 1. The number of fused-ring (bicyclic) bond motifs is 1. The van der Waals surface area contributed by atoms with Gasteiger partial charge in [-0.3, -0.25) is 9.78 Å². The second-order valence-corrected chi connectivity index (χ2v) is 5.95. The van der Waals surface area contributed by atoms with Gasteiger partial charge in [0.15, 0.2) is 5.78 Å². The molecule has 3 nitrogen and oxygen atoms in total. The van der Waals surface area contributed by atoms with Crippen LogP contribution in [0.25, 0.3) is 0 Å². The van der Waals surface area contributed by atoms with E-state index in [4.69, 9.17) is 4.74 Å². The number of hydrogen-bond acceptors (Lipinski definition) is 3. The van der Waals surface area contributed by atoms with Gasteiger partial charge in [0.25, 0.3) is 0 Å². The molecule has 1 aliphatic heterocycles. The molecule has 0 saturated carbocycles. The Bertz CT molecular complexity index is 806. The molecule has 2 aromatic carbocycles. The smallest absolute Gasteiger partial charge is 0.174 e. The number of para-hydroxylation sites is 1. The number of nitrogens with zero attached hydrogens (tertiary/aromatic N) is 1. The molecule has 0 radical (unpaired) electrons. The van der Waals surface area contributed by atoms with Crippen molar-refractivity contribution in [3.63, 3.8) is 0 Å². The van der Waals surface area contributed by atoms with Gasteiger partial charge in [-0.25, -0.2) is 0 Å². The van der Waals surface area contributed by atoms with E-state index in [1.54, 1.807) is 12.4 Å². The second-order valence-electron chi connectivity index (χ2n) is 5.95. The predicted octanol–water partition coefficient (Wildman–Crippen LogP) is 4.11. The molecule has 3 heteroatoms. The van der Waals surface area contributed by atoms with Gasteiger partial charge in [0, 0.05) is 18.3 Å². The number of benzene rings is 2. The van der Waals surface area contributed by atoms with Gasteiger partial charge in [-0.2, -0.15) is 0 Å². The molecule has 0 saturated heterocycles. The standard InChI is InChI=1S/C21H17NO2/c23-21-17-8-4-5-9-19(17)24-14-18(21)20(15-6-2-1-3-7-15)16-10-12-22-13-11-16/h1-13,18,20H,14H2. The van der Waals surface area contributed by atoms with Crippen LogP contribution in [0.4, 0.5) is 0 Å². The summed E-state index contributed by atoms with van der Waals surface area (Å²) in [7, 11) is 0. The molecule has 2 heterocycles. The van der Waals surface area contributed by atoms with Crippen LogP contribution in [-0.2, 0) is 0 Å². The molecule has 2 atom stereocenters. The van der Waals surface area contributed by atoms with E-state index in [0.717, 1.165) is 11.1 Å². The SMILES string of the molecule is O=C1c2ccccc2OCC1C(c1ccccc1)c1ccncc1. The van der Waals surface area contributed by atoms with Crippen LogP contribution in [0, 0.1) is 5.92 Å². The molecule has 4 rings (SSSR count). The largest absolute Gasteiger partial charge is 0.492 e. The lowest BCUT2D eigenvalue weighted by Gasteiger charge is -2.31. The third-order valence-electron chi connectivity index (χ3n) is 4.53. The van der Waals surface area contributed by atoms with Gasteiger partial charge < -0.3 is 4.74 Å². The van der Waals surface area contributed by atoms with Crippen molar-refractivity contribution in [1.82, 2.24) is 4.98 Å². The van der Waals surface area contributed by atoms with Crippen molar-refractivity contribution < 1.29 is 9.53 Å². The van der Waals surface area contributed by atoms with E-state index in [2.05, 4.69) is 17.1 Å². The van der Waals surface area contributed by atoms with Crippen molar-refractivity contribution in [2.24, 2.45) is 5.92 Å². The molecule has 118 valence electrons. The highest BCUT2D eigenvalue weighted by molar-refractivity contribution is 6.02. The zero-order chi connectivity index (χ0) is 16.4. The van der Waals surface area contributed by atoms with Gasteiger partial charge in [0.05, 0.1) is 18.1 Å². The van der Waals surface area contributed by atoms with Crippen LogP contribution >= 0.6 is 0 Å². The molecular weight excluding hydrogens is 298 g/mol. The lowest BCUT2D eigenvalue weighted by molar-refractivity contribution is 0.0812. The number of ether oxygens (including phenoxy) is 1. The molecule has 0 fully saturated rings. The lowest BCUT2D eigenvalue weighted by Crippen LogP contribution is -2.33. The number of pyridine rings is 1. The Labute approximate surface area is 140 Å². The van der Waals surface area contributed by atoms with Crippen LogP contribution in [0.2, 0.25) is 0 Å². The first-order chi connectivity index (χ1) is 11.8. The first kappa shape index (κ1) is 14.6. The fourth-order valence-corrected chi connectivity index (χ4v) is 3.39. The minimum Gasteiger partial charge on any atom is -0.492 e. The number of hydrogen-bond donors (Lipinski definition) is 0. The summed E-state index contributed by atoms with van der Waals surface area (Å²) in [5.74, 6) is 0.530. The summed E-state index contributed by atoms with van der Waals surface area (Å²) in [5, 5.41) is 0. The van der Waals surface area contributed by atoms with Crippen LogP contribution in [0.5, 0.6) is 5.75 Å². The summed E-state index contributed by atoms with van der Waals surface area (Å²) in [4.78, 5) is 17.2. The van der Waals surface area contributed by atoms with Crippen molar-refractivity contribution in [2.75, 3.05) is 6.61 Å². The van der Waals surface area contributed by atoms with E-state index in [-0.39, 0.29) is 17.6 Å². The number of rotatable bonds is 3. The van der Waals surface area contributed by atoms with Crippen LogP contribution in [0.15, 0.2) is 79.1 Å². The third kappa shape index (κ3) is 2.58. The van der Waals surface area contributed by atoms with Crippen LogP contribution in [0.3, 0.4) is 0 Å². The summed E-state index contributed by atoms with van der Waals surface area (Å²) in [6.07, 6.45) is 3.54. The predicted molar refractivity (Wildman–Crippen MR) is 92.3 cm³/mol. The molecule has 0 bridgehead atoms. The van der Waals surface area contributed by atoms with Gasteiger partial charge in [-0.05, 0) is 35.4 Å². The van der Waals surface area contributed by atoms with Gasteiger partial charge in [0.2, 0.25) is 0 Å². The molecule has 1 aromatic heterocycles. The van der Waals surface area contributed by atoms with Gasteiger partial charge in [-0.15, -0.1) is 0 Å². The van der Waals surface area contributed by atoms with E-state index in [1.165, 1.54) is 0 Å². The van der Waals surface area contributed by atoms with E-state index >= 15 is 0 Å². The highest BCUT2D eigenvalue weighted by Crippen LogP contribution is 2.38. The molecule has 3 aromatic rings. The maximum atomic E-state index is 13.1. The second kappa shape index (κ2) is 6.28. The molecular formula is C21H17NO2. The van der Waals surface area contributed by atoms with E-state index < -0.39 is 0 Å². The average molecular weight is 315 g/mol. The fraction of sp³-hybridized carbons (Fsp3) is 0.143. The Kier molecular flexibility index (Phi) is 3.83. The normalized spacial score (nSPS) is 17.7. The topological polar surface area (TPSA) is 39.2 Å². The van der Waals surface area contributed by atoms with E-state index in [0.29, 0.717) is 17.9 Å². The Morgan fingerprint density at radius 2 is 1.54 bits per heavy atom. The molecule has 0 amide bonds. The number of Topliss-reactive ketones (excluding diaryl/α,β-unsaturated/α-hetero) is 1. The summed E-state index contributed by atoms with van der Waals surface area (Å²) in [5.41, 5.74) is 2.87. The molecule has 0 aliphatic carbocycles. The Hall–Kier alpha value is -2.94. The summed E-state index contributed by atoms with van der Waals surface area (Å²) in [6, 6.07) is 21.6. The summed E-state index contributed by atoms with van der Waals surface area (Å²) in [6.45, 7) is 0.387. The van der Waals surface area contributed by atoms with Crippen LogP contribution in [0.1, 0.15) is 27.4 Å². The maximum absolute atomic E-state index is 13.1. The first-order valence-electron chi connectivity index (χ1n) is 8.05. The molecule has 1 aliphatic rings. The number of carbonyl (C=O) groups excluding carboxylic acids is 1. The average Bonchev–Trinajstić information content (AvgIpc) is 2.66. The Morgan fingerprint density at radius 3 is 2.33 bits per heavy atom. The van der Waals surface area contributed by atoms with Gasteiger partial charge in [0.1, 0.15) is 5.75 Å². The minimum absolute atomic E-state index is 0.0462. The zero-order valence-electron chi connectivity index (χ0n) is 13.1. The third-order valence-corrected chi connectivity index (χ3v) is 4.53. The highest BCUT2D eigenvalue weighted by Gasteiger charge is 2.36. The van der Waals surface area contributed by atoms with Gasteiger partial charge in [-0.1, -0.05) is 42.5 Å². The highest BCUT2D eigenvalue weighted by atomic mass is 16.5. The summed E-state index contributed by atoms with van der Waals surface area (Å²) >= 11 is 0. The molecule has 0 N–H and O–H groups in total. The van der Waals surface area contributed by atoms with Crippen molar-refractivity contribution in [3.8, 4) is 5.75 Å². The maximum Gasteiger partial charge on any atom is 0.174 e. The van der Waals surface area contributed by atoms with Crippen molar-refractivity contribution in [3.05, 3.63) is 95.8 Å². The Balaban J connectivity index is 1.79. The van der Waals surface area contributed by atoms with E-state index in [1.807, 2.05) is 54.6 Å². The van der Waals surface area contributed by atoms with Crippen molar-refractivity contribution in [2.45, 2.75) is 5.92 Å². The van der Waals surface area contributed by atoms with E-state index in [9.17, 15) is 4.79 Å². The Morgan fingerprint density at radius 1 is 0.875 bits per heavy atom. The fourth-order valence-electron chi connectivity index (χ4n) is 3.39. The minimum atomic E-state index is -0.246. The number of carbonyl (C=O) groups is 1. The zero-order valence-corrected chi connectivity index (χ0v) is 13.1. The molecule has 24 heavy (non-hydrogen) atoms. The van der Waals surface area contributed by atoms with Crippen molar-refractivity contribution in [1.29, 1.82) is 0 Å². The number of ketones is 1. The van der Waals surface area contributed by atoms with Crippen LogP contribution in [-0.4, -0.2) is 17.4 Å². The first-order valence-corrected chi connectivity index (χ1v) is 8.05. The van der Waals surface area contributed by atoms with Crippen molar-refractivity contribution >= 4 is 5.78 Å². The lowest BCUT2D eigenvalue weighted by atomic mass is 9.77. The molecule has 0 spiro atoms. The quantitative estimate of drug-likeness (QED) is 0.730. The van der Waals surface area contributed by atoms with Crippen LogP contribution < -0.4 is 4.74 Å². The molecule has 2 unspecified atom stereocenters. The monoisotopic (exact) mass is 315 g/mol. The summed E-state index contributed by atoms with van der Waals surface area (Å²) < 4.78 is 5.89.